The van der Waals surface area contributed by atoms with Gasteiger partial charge in [0.1, 0.15) is 0 Å². The van der Waals surface area contributed by atoms with Crippen LogP contribution in [-0.4, -0.2) is 54.7 Å². The molecular weight excluding hydrogens is 380 g/mol. The minimum Gasteiger partial charge on any atom is -0.376 e. The number of fused-ring (bicyclic) bond motifs is 1. The number of sulfonamides is 1. The summed E-state index contributed by atoms with van der Waals surface area (Å²) in [6, 6.07) is 6.13. The first-order valence-corrected chi connectivity index (χ1v) is 11.0. The van der Waals surface area contributed by atoms with Crippen LogP contribution in [0.2, 0.25) is 0 Å². The zero-order valence-electron chi connectivity index (χ0n) is 15.6. The standard InChI is InChI=1S/C19H24N4O4S/c24-19(20-8-11-23-18-7-12-27-14-16(18)13-21-23)15-3-5-17(6-4-15)28(25,26)22-9-1-2-10-22/h3-6,13H,1-2,7-12,14H2,(H,20,24). The maximum absolute atomic E-state index is 12.5. The first-order chi connectivity index (χ1) is 13.6. The molecule has 1 aromatic carbocycles. The van der Waals surface area contributed by atoms with Crippen molar-refractivity contribution in [1.29, 1.82) is 0 Å². The summed E-state index contributed by atoms with van der Waals surface area (Å²) < 4.78 is 33.9. The number of carbonyl (C=O) groups is 1. The van der Waals surface area contributed by atoms with Crippen molar-refractivity contribution < 1.29 is 17.9 Å². The fraction of sp³-hybridized carbons (Fsp3) is 0.474. The third-order valence-corrected chi connectivity index (χ3v) is 7.12. The number of benzene rings is 1. The van der Waals surface area contributed by atoms with Gasteiger partial charge in [0.15, 0.2) is 0 Å². The van der Waals surface area contributed by atoms with Gasteiger partial charge in [-0.15, -0.1) is 0 Å². The van der Waals surface area contributed by atoms with Gasteiger partial charge >= 0.3 is 0 Å². The number of nitrogens with zero attached hydrogens (tertiary/aromatic N) is 3. The number of hydrogen-bond donors (Lipinski definition) is 1. The quantitative estimate of drug-likeness (QED) is 0.780. The largest absolute Gasteiger partial charge is 0.376 e. The van der Waals surface area contributed by atoms with Crippen molar-refractivity contribution in [3.8, 4) is 0 Å². The summed E-state index contributed by atoms with van der Waals surface area (Å²) in [7, 11) is -3.46. The lowest BCUT2D eigenvalue weighted by molar-refractivity contribution is 0.0950. The SMILES string of the molecule is O=C(NCCn1ncc2c1CCOC2)c1ccc(S(=O)(=O)N2CCCC2)cc1. The maximum atomic E-state index is 12.5. The molecule has 8 nitrogen and oxygen atoms in total. The summed E-state index contributed by atoms with van der Waals surface area (Å²) in [5.74, 6) is -0.227. The maximum Gasteiger partial charge on any atom is 0.251 e. The zero-order chi connectivity index (χ0) is 19.6. The molecule has 150 valence electrons. The van der Waals surface area contributed by atoms with Gasteiger partial charge in [-0.05, 0) is 37.1 Å². The van der Waals surface area contributed by atoms with Crippen LogP contribution in [0.25, 0.3) is 0 Å². The second-order valence-corrected chi connectivity index (χ2v) is 8.97. The van der Waals surface area contributed by atoms with Gasteiger partial charge in [0.05, 0.1) is 30.9 Å². The second-order valence-electron chi connectivity index (χ2n) is 7.03. The van der Waals surface area contributed by atoms with E-state index < -0.39 is 10.0 Å². The zero-order valence-corrected chi connectivity index (χ0v) is 16.5. The number of nitrogens with one attached hydrogen (secondary N) is 1. The molecular formula is C19H24N4O4S. The Hall–Kier alpha value is -2.23. The molecule has 3 heterocycles. The minimum atomic E-state index is -3.46. The highest BCUT2D eigenvalue weighted by Crippen LogP contribution is 2.21. The molecule has 1 aromatic heterocycles. The lowest BCUT2D eigenvalue weighted by Crippen LogP contribution is -2.29. The van der Waals surface area contributed by atoms with E-state index in [4.69, 9.17) is 4.74 Å². The smallest absolute Gasteiger partial charge is 0.251 e. The van der Waals surface area contributed by atoms with Crippen LogP contribution in [0.1, 0.15) is 34.5 Å². The molecule has 1 fully saturated rings. The number of ether oxygens (including phenoxy) is 1. The monoisotopic (exact) mass is 404 g/mol. The molecule has 2 aliphatic rings. The molecule has 0 unspecified atom stereocenters. The average Bonchev–Trinajstić information content (AvgIpc) is 3.39. The van der Waals surface area contributed by atoms with Gasteiger partial charge in [-0.3, -0.25) is 9.48 Å². The summed E-state index contributed by atoms with van der Waals surface area (Å²) in [5, 5.41) is 7.22. The molecule has 9 heteroatoms. The molecule has 2 aromatic rings. The van der Waals surface area contributed by atoms with E-state index in [1.54, 1.807) is 12.1 Å². The Bertz CT molecular complexity index is 947. The molecule has 0 atom stereocenters. The third-order valence-electron chi connectivity index (χ3n) is 5.20. The first kappa shape index (κ1) is 19.1. The molecule has 0 aliphatic carbocycles. The Morgan fingerprint density at radius 3 is 2.68 bits per heavy atom. The van der Waals surface area contributed by atoms with E-state index in [0.717, 1.165) is 30.5 Å². The number of hydrogen-bond acceptors (Lipinski definition) is 5. The predicted molar refractivity (Wildman–Crippen MR) is 102 cm³/mol. The van der Waals surface area contributed by atoms with Gasteiger partial charge in [0.2, 0.25) is 10.0 Å². The molecule has 4 rings (SSSR count). The van der Waals surface area contributed by atoms with Gasteiger partial charge in [0, 0.05) is 42.9 Å². The van der Waals surface area contributed by atoms with Crippen molar-refractivity contribution in [2.24, 2.45) is 0 Å². The average molecular weight is 404 g/mol. The van der Waals surface area contributed by atoms with Crippen LogP contribution < -0.4 is 5.32 Å². The van der Waals surface area contributed by atoms with E-state index in [1.807, 2.05) is 10.9 Å². The van der Waals surface area contributed by atoms with Crippen molar-refractivity contribution in [1.82, 2.24) is 19.4 Å². The lowest BCUT2D eigenvalue weighted by Gasteiger charge is -2.16. The molecule has 0 spiro atoms. The van der Waals surface area contributed by atoms with E-state index in [-0.39, 0.29) is 10.8 Å². The molecule has 0 radical (unpaired) electrons. The summed E-state index contributed by atoms with van der Waals surface area (Å²) in [5.41, 5.74) is 2.71. The summed E-state index contributed by atoms with van der Waals surface area (Å²) in [6.07, 6.45) is 4.44. The van der Waals surface area contributed by atoms with Crippen LogP contribution in [0.3, 0.4) is 0 Å². The van der Waals surface area contributed by atoms with Crippen molar-refractivity contribution in [2.75, 3.05) is 26.2 Å². The molecule has 2 aliphatic heterocycles. The van der Waals surface area contributed by atoms with Crippen LogP contribution in [-0.2, 0) is 34.3 Å². The molecule has 0 saturated carbocycles. The summed E-state index contributed by atoms with van der Waals surface area (Å²) in [4.78, 5) is 12.6. The Balaban J connectivity index is 1.34. The number of carbonyl (C=O) groups excluding carboxylic acids is 1. The van der Waals surface area contributed by atoms with Crippen LogP contribution in [0, 0.1) is 0 Å². The third kappa shape index (κ3) is 3.82. The summed E-state index contributed by atoms with van der Waals surface area (Å²) >= 11 is 0. The fourth-order valence-corrected chi connectivity index (χ4v) is 5.15. The lowest BCUT2D eigenvalue weighted by atomic mass is 10.2. The van der Waals surface area contributed by atoms with Gasteiger partial charge in [-0.1, -0.05) is 0 Å². The van der Waals surface area contributed by atoms with Gasteiger partial charge in [-0.2, -0.15) is 9.40 Å². The first-order valence-electron chi connectivity index (χ1n) is 9.55. The molecule has 1 saturated heterocycles. The van der Waals surface area contributed by atoms with E-state index in [9.17, 15) is 13.2 Å². The highest BCUT2D eigenvalue weighted by atomic mass is 32.2. The molecule has 0 bridgehead atoms. The van der Waals surface area contributed by atoms with Gasteiger partial charge in [-0.25, -0.2) is 8.42 Å². The summed E-state index contributed by atoms with van der Waals surface area (Å²) in [6.45, 7) is 3.44. The van der Waals surface area contributed by atoms with Gasteiger partial charge in [0.25, 0.3) is 5.91 Å². The molecule has 28 heavy (non-hydrogen) atoms. The van der Waals surface area contributed by atoms with Crippen LogP contribution in [0.5, 0.6) is 0 Å². The van der Waals surface area contributed by atoms with Crippen molar-refractivity contribution in [3.63, 3.8) is 0 Å². The van der Waals surface area contributed by atoms with Crippen molar-refractivity contribution in [3.05, 3.63) is 47.3 Å². The Morgan fingerprint density at radius 1 is 1.18 bits per heavy atom. The van der Waals surface area contributed by atoms with Crippen molar-refractivity contribution >= 4 is 15.9 Å². The number of rotatable bonds is 6. The highest BCUT2D eigenvalue weighted by Gasteiger charge is 2.27. The van der Waals surface area contributed by atoms with E-state index in [0.29, 0.717) is 45.0 Å². The van der Waals surface area contributed by atoms with Gasteiger partial charge < -0.3 is 10.1 Å². The van der Waals surface area contributed by atoms with Crippen molar-refractivity contribution in [2.45, 2.75) is 37.3 Å². The minimum absolute atomic E-state index is 0.227. The van der Waals surface area contributed by atoms with E-state index in [1.165, 1.54) is 16.4 Å². The van der Waals surface area contributed by atoms with E-state index >= 15 is 0 Å². The normalized spacial score (nSPS) is 17.4. The Kier molecular flexibility index (Phi) is 5.47. The Morgan fingerprint density at radius 2 is 1.93 bits per heavy atom. The van der Waals surface area contributed by atoms with Crippen LogP contribution >= 0.6 is 0 Å². The highest BCUT2D eigenvalue weighted by molar-refractivity contribution is 7.89. The van der Waals surface area contributed by atoms with Crippen LogP contribution in [0.4, 0.5) is 0 Å². The fourth-order valence-electron chi connectivity index (χ4n) is 3.64. The number of amides is 1. The van der Waals surface area contributed by atoms with E-state index in [2.05, 4.69) is 10.4 Å². The number of aromatic nitrogens is 2. The predicted octanol–water partition coefficient (Wildman–Crippen LogP) is 1.17. The second kappa shape index (κ2) is 8.02. The van der Waals surface area contributed by atoms with Crippen LogP contribution in [0.15, 0.2) is 35.4 Å². The molecule has 1 N–H and O–H groups in total. The Labute approximate surface area is 164 Å². The topological polar surface area (TPSA) is 93.5 Å². The molecule has 1 amide bonds.